The van der Waals surface area contributed by atoms with Gasteiger partial charge in [-0.3, -0.25) is 9.59 Å². The maximum Gasteiger partial charge on any atom is 0.326 e. The lowest BCUT2D eigenvalue weighted by Gasteiger charge is -2.15. The number of carboxylic acid groups (broad SMARTS) is 1. The molecule has 2 aromatic rings. The molecule has 0 spiro atoms. The Kier molecular flexibility index (Phi) is 4.83. The molecule has 1 aliphatic carbocycles. The van der Waals surface area contributed by atoms with Gasteiger partial charge in [-0.05, 0) is 31.4 Å². The fourth-order valence-electron chi connectivity index (χ4n) is 2.71. The number of benzene rings is 1. The van der Waals surface area contributed by atoms with Crippen molar-refractivity contribution in [2.45, 2.75) is 32.2 Å². The molecule has 7 nitrogen and oxygen atoms in total. The smallest absolute Gasteiger partial charge is 0.326 e. The summed E-state index contributed by atoms with van der Waals surface area (Å²) < 4.78 is 15.2. The lowest BCUT2D eigenvalue weighted by Crippen LogP contribution is -2.43. The Bertz CT molecular complexity index is 921. The lowest BCUT2D eigenvalue weighted by molar-refractivity contribution is -0.139. The minimum atomic E-state index is -1.16. The summed E-state index contributed by atoms with van der Waals surface area (Å²) in [6, 6.07) is 5.91. The standard InChI is InChI=1S/C18H18FN3O4/c1-10-8-15(23)16(21-22(10)14-5-3-2-4-12(14)19)17(24)20-13(18(25)26)9-11-6-7-11/h2-5,8,11,13H,6-7,9H2,1H3,(H,20,24)(H,25,26). The Morgan fingerprint density at radius 1 is 1.38 bits per heavy atom. The van der Waals surface area contributed by atoms with Gasteiger partial charge in [0.05, 0.1) is 0 Å². The third-order valence-electron chi connectivity index (χ3n) is 4.27. The summed E-state index contributed by atoms with van der Waals surface area (Å²) in [6.45, 7) is 1.57. The minimum Gasteiger partial charge on any atom is -0.480 e. The van der Waals surface area contributed by atoms with Crippen LogP contribution < -0.4 is 10.7 Å². The van der Waals surface area contributed by atoms with Gasteiger partial charge in [-0.1, -0.05) is 25.0 Å². The predicted molar refractivity (Wildman–Crippen MR) is 90.8 cm³/mol. The second-order valence-corrected chi connectivity index (χ2v) is 6.41. The first-order valence-corrected chi connectivity index (χ1v) is 8.26. The van der Waals surface area contributed by atoms with E-state index in [-0.39, 0.29) is 11.6 Å². The Balaban J connectivity index is 1.93. The molecule has 0 saturated heterocycles. The van der Waals surface area contributed by atoms with E-state index < -0.39 is 34.9 Å². The summed E-state index contributed by atoms with van der Waals surface area (Å²) in [4.78, 5) is 35.9. The highest BCUT2D eigenvalue weighted by Gasteiger charge is 2.31. The Labute approximate surface area is 148 Å². The van der Waals surface area contributed by atoms with Crippen molar-refractivity contribution in [2.75, 3.05) is 0 Å². The lowest BCUT2D eigenvalue weighted by atomic mass is 10.1. The van der Waals surface area contributed by atoms with Gasteiger partial charge in [0.25, 0.3) is 5.91 Å². The van der Waals surface area contributed by atoms with Gasteiger partial charge >= 0.3 is 5.97 Å². The van der Waals surface area contributed by atoms with Crippen LogP contribution in [-0.2, 0) is 4.79 Å². The summed E-state index contributed by atoms with van der Waals surface area (Å²) in [5.74, 6) is -2.33. The third-order valence-corrected chi connectivity index (χ3v) is 4.27. The van der Waals surface area contributed by atoms with E-state index in [1.807, 2.05) is 0 Å². The summed E-state index contributed by atoms with van der Waals surface area (Å²) in [7, 11) is 0. The van der Waals surface area contributed by atoms with Gasteiger partial charge in [-0.2, -0.15) is 5.10 Å². The maximum atomic E-state index is 14.0. The van der Waals surface area contributed by atoms with E-state index in [9.17, 15) is 23.9 Å². The molecule has 0 aliphatic heterocycles. The average Bonchev–Trinajstić information content (AvgIpc) is 3.39. The van der Waals surface area contributed by atoms with Crippen molar-refractivity contribution in [3.05, 3.63) is 57.8 Å². The molecule has 8 heteroatoms. The molecule has 1 aromatic carbocycles. The predicted octanol–water partition coefficient (Wildman–Crippen LogP) is 1.66. The second kappa shape index (κ2) is 7.07. The Morgan fingerprint density at radius 3 is 2.69 bits per heavy atom. The van der Waals surface area contributed by atoms with Gasteiger partial charge in [0.2, 0.25) is 5.43 Å². The number of aryl methyl sites for hydroxylation is 1. The molecule has 1 amide bonds. The molecule has 0 radical (unpaired) electrons. The van der Waals surface area contributed by atoms with Crippen molar-refractivity contribution in [1.82, 2.24) is 15.1 Å². The van der Waals surface area contributed by atoms with Gasteiger partial charge < -0.3 is 10.4 Å². The number of rotatable bonds is 6. The fraction of sp³-hybridized carbons (Fsp3) is 0.333. The number of aromatic nitrogens is 2. The van der Waals surface area contributed by atoms with Crippen LogP contribution in [0.5, 0.6) is 0 Å². The molecular formula is C18H18FN3O4. The SMILES string of the molecule is Cc1cc(=O)c(C(=O)NC(CC2CC2)C(=O)O)nn1-c1ccccc1F. The van der Waals surface area contributed by atoms with Crippen LogP contribution in [0.4, 0.5) is 4.39 Å². The summed E-state index contributed by atoms with van der Waals surface area (Å²) >= 11 is 0. The van der Waals surface area contributed by atoms with Crippen LogP contribution in [0.1, 0.15) is 35.4 Å². The third kappa shape index (κ3) is 3.79. The number of carbonyl (C=O) groups is 2. The van der Waals surface area contributed by atoms with Crippen LogP contribution in [0.15, 0.2) is 35.1 Å². The van der Waals surface area contributed by atoms with E-state index in [1.54, 1.807) is 13.0 Å². The molecule has 136 valence electrons. The quantitative estimate of drug-likeness (QED) is 0.817. The summed E-state index contributed by atoms with van der Waals surface area (Å²) in [5, 5.41) is 15.6. The molecule has 1 unspecified atom stereocenters. The van der Waals surface area contributed by atoms with E-state index in [0.717, 1.165) is 17.5 Å². The number of hydrogen-bond acceptors (Lipinski definition) is 4. The van der Waals surface area contributed by atoms with Crippen molar-refractivity contribution in [3.63, 3.8) is 0 Å². The molecular weight excluding hydrogens is 341 g/mol. The molecule has 1 heterocycles. The Hall–Kier alpha value is -3.03. The molecule has 3 rings (SSSR count). The number of carbonyl (C=O) groups excluding carboxylic acids is 1. The van der Waals surface area contributed by atoms with Crippen LogP contribution in [0.3, 0.4) is 0 Å². The number of amides is 1. The van der Waals surface area contributed by atoms with E-state index >= 15 is 0 Å². The highest BCUT2D eigenvalue weighted by molar-refractivity contribution is 5.94. The second-order valence-electron chi connectivity index (χ2n) is 6.41. The van der Waals surface area contributed by atoms with Gasteiger partial charge in [-0.25, -0.2) is 13.9 Å². The average molecular weight is 359 g/mol. The number of para-hydroxylation sites is 1. The van der Waals surface area contributed by atoms with E-state index in [1.165, 1.54) is 24.3 Å². The zero-order valence-corrected chi connectivity index (χ0v) is 14.1. The van der Waals surface area contributed by atoms with Crippen molar-refractivity contribution < 1.29 is 19.1 Å². The van der Waals surface area contributed by atoms with Gasteiger partial charge in [0.15, 0.2) is 5.69 Å². The first-order valence-electron chi connectivity index (χ1n) is 8.26. The summed E-state index contributed by atoms with van der Waals surface area (Å²) in [5.41, 5.74) is -0.680. The molecule has 26 heavy (non-hydrogen) atoms. The number of hydrogen-bond donors (Lipinski definition) is 2. The van der Waals surface area contributed by atoms with Crippen molar-refractivity contribution >= 4 is 11.9 Å². The van der Waals surface area contributed by atoms with Crippen LogP contribution in [0.2, 0.25) is 0 Å². The van der Waals surface area contributed by atoms with Gasteiger partial charge in [0, 0.05) is 11.8 Å². The van der Waals surface area contributed by atoms with Crippen molar-refractivity contribution in [2.24, 2.45) is 5.92 Å². The topological polar surface area (TPSA) is 101 Å². The van der Waals surface area contributed by atoms with Crippen molar-refractivity contribution in [1.29, 1.82) is 0 Å². The fourth-order valence-corrected chi connectivity index (χ4v) is 2.71. The first-order chi connectivity index (χ1) is 12.4. The minimum absolute atomic E-state index is 0.0896. The van der Waals surface area contributed by atoms with E-state index in [4.69, 9.17) is 0 Å². The largest absolute Gasteiger partial charge is 0.480 e. The highest BCUT2D eigenvalue weighted by atomic mass is 19.1. The van der Waals surface area contributed by atoms with Crippen molar-refractivity contribution in [3.8, 4) is 5.69 Å². The summed E-state index contributed by atoms with van der Waals surface area (Å²) in [6.07, 6.45) is 2.18. The maximum absolute atomic E-state index is 14.0. The van der Waals surface area contributed by atoms with Gasteiger partial charge in [-0.15, -0.1) is 0 Å². The van der Waals surface area contributed by atoms with Crippen LogP contribution >= 0.6 is 0 Å². The Morgan fingerprint density at radius 2 is 2.08 bits per heavy atom. The zero-order chi connectivity index (χ0) is 18.8. The normalized spacial score (nSPS) is 14.7. The van der Waals surface area contributed by atoms with Gasteiger partial charge in [0.1, 0.15) is 17.5 Å². The van der Waals surface area contributed by atoms with E-state index in [0.29, 0.717) is 12.1 Å². The first kappa shape index (κ1) is 17.8. The molecule has 0 bridgehead atoms. The van der Waals surface area contributed by atoms with Crippen LogP contribution in [-0.4, -0.2) is 32.8 Å². The van der Waals surface area contributed by atoms with E-state index in [2.05, 4.69) is 10.4 Å². The molecule has 1 aromatic heterocycles. The highest BCUT2D eigenvalue weighted by Crippen LogP contribution is 2.33. The van der Waals surface area contributed by atoms with Crippen LogP contribution in [0.25, 0.3) is 5.69 Å². The molecule has 1 fully saturated rings. The number of nitrogens with zero attached hydrogens (tertiary/aromatic N) is 2. The van der Waals surface area contributed by atoms with Crippen LogP contribution in [0, 0.1) is 18.7 Å². The molecule has 1 atom stereocenters. The number of halogens is 1. The zero-order valence-electron chi connectivity index (χ0n) is 14.1. The molecule has 1 aliphatic rings. The molecule has 1 saturated carbocycles. The number of aliphatic carboxylic acids is 1. The monoisotopic (exact) mass is 359 g/mol. The number of carboxylic acids is 1. The number of nitrogens with one attached hydrogen (secondary N) is 1. The molecule has 2 N–H and O–H groups in total.